The Morgan fingerprint density at radius 3 is 2.65 bits per heavy atom. The number of rotatable bonds is 7. The van der Waals surface area contributed by atoms with E-state index in [9.17, 15) is 4.79 Å². The van der Waals surface area contributed by atoms with Crippen molar-refractivity contribution in [2.75, 3.05) is 26.3 Å². The van der Waals surface area contributed by atoms with Gasteiger partial charge in [0.25, 0.3) is 0 Å². The van der Waals surface area contributed by atoms with E-state index in [4.69, 9.17) is 4.74 Å². The van der Waals surface area contributed by atoms with E-state index in [1.165, 1.54) is 4.88 Å². The Bertz CT molecular complexity index is 510. The molecule has 1 aromatic rings. The summed E-state index contributed by atoms with van der Waals surface area (Å²) in [5.74, 6) is 0.571. The molecule has 1 unspecified atom stereocenters. The van der Waals surface area contributed by atoms with Crippen molar-refractivity contribution in [1.82, 2.24) is 15.2 Å². The summed E-state index contributed by atoms with van der Waals surface area (Å²) in [7, 11) is 0. The maximum atomic E-state index is 12.1. The van der Waals surface area contributed by atoms with E-state index in [-0.39, 0.29) is 5.91 Å². The van der Waals surface area contributed by atoms with E-state index < -0.39 is 0 Å². The van der Waals surface area contributed by atoms with E-state index >= 15 is 0 Å². The van der Waals surface area contributed by atoms with Gasteiger partial charge in [0, 0.05) is 36.3 Å². The van der Waals surface area contributed by atoms with Gasteiger partial charge in [-0.2, -0.15) is 0 Å². The van der Waals surface area contributed by atoms with Crippen LogP contribution in [0.3, 0.4) is 0 Å². The van der Waals surface area contributed by atoms with Crippen molar-refractivity contribution in [3.8, 4) is 0 Å². The van der Waals surface area contributed by atoms with Crippen LogP contribution in [-0.4, -0.2) is 48.1 Å². The number of aromatic nitrogens is 1. The Balaban J connectivity index is 1.72. The van der Waals surface area contributed by atoms with Crippen molar-refractivity contribution >= 4 is 17.2 Å². The summed E-state index contributed by atoms with van der Waals surface area (Å²) in [5, 5.41) is 4.18. The summed E-state index contributed by atoms with van der Waals surface area (Å²) in [6.45, 7) is 12.7. The van der Waals surface area contributed by atoms with Crippen molar-refractivity contribution in [2.45, 2.75) is 59.0 Å². The van der Waals surface area contributed by atoms with Gasteiger partial charge >= 0.3 is 0 Å². The third-order valence-corrected chi connectivity index (χ3v) is 5.77. The fourth-order valence-electron chi connectivity index (χ4n) is 2.67. The number of aryl methyl sites for hydroxylation is 1. The van der Waals surface area contributed by atoms with E-state index in [0.717, 1.165) is 43.4 Å². The van der Waals surface area contributed by atoms with Crippen LogP contribution in [0.2, 0.25) is 0 Å². The molecule has 1 amide bonds. The molecule has 0 radical (unpaired) electrons. The quantitative estimate of drug-likeness (QED) is 0.830. The van der Waals surface area contributed by atoms with Crippen molar-refractivity contribution < 1.29 is 9.53 Å². The number of morpholine rings is 1. The van der Waals surface area contributed by atoms with Crippen LogP contribution in [0.15, 0.2) is 0 Å². The zero-order valence-electron chi connectivity index (χ0n) is 14.7. The smallest absolute Gasteiger partial charge is 0.220 e. The fourth-order valence-corrected chi connectivity index (χ4v) is 3.68. The first-order valence-corrected chi connectivity index (χ1v) is 9.33. The predicted molar refractivity (Wildman–Crippen MR) is 93.9 cm³/mol. The number of thiazole rings is 1. The number of carbonyl (C=O) groups excluding carboxylic acids is 1. The van der Waals surface area contributed by atoms with Crippen LogP contribution in [0, 0.1) is 6.92 Å². The first-order valence-electron chi connectivity index (χ1n) is 8.52. The minimum Gasteiger partial charge on any atom is -0.379 e. The third kappa shape index (κ3) is 5.55. The van der Waals surface area contributed by atoms with Gasteiger partial charge in [0.2, 0.25) is 5.91 Å². The number of hydrogen-bond donors (Lipinski definition) is 1. The van der Waals surface area contributed by atoms with Gasteiger partial charge < -0.3 is 10.1 Å². The van der Waals surface area contributed by atoms with Gasteiger partial charge in [0.05, 0.1) is 30.5 Å². The lowest BCUT2D eigenvalue weighted by Crippen LogP contribution is -2.42. The van der Waals surface area contributed by atoms with Crippen LogP contribution in [-0.2, 0) is 16.1 Å². The molecule has 6 heteroatoms. The molecule has 2 heterocycles. The molecule has 0 spiro atoms. The van der Waals surface area contributed by atoms with E-state index in [1.54, 1.807) is 11.3 Å². The zero-order valence-corrected chi connectivity index (χ0v) is 15.5. The van der Waals surface area contributed by atoms with Crippen molar-refractivity contribution in [3.05, 3.63) is 15.6 Å². The second-order valence-electron chi connectivity index (χ2n) is 6.53. The second kappa shape index (κ2) is 8.76. The predicted octanol–water partition coefficient (Wildman–Crippen LogP) is 2.69. The highest BCUT2D eigenvalue weighted by atomic mass is 32.1. The molecule has 130 valence electrons. The van der Waals surface area contributed by atoms with Crippen LogP contribution in [0.5, 0.6) is 0 Å². The highest BCUT2D eigenvalue weighted by molar-refractivity contribution is 7.11. The molecule has 0 aliphatic carbocycles. The number of nitrogens with one attached hydrogen (secondary N) is 1. The maximum absolute atomic E-state index is 12.1. The van der Waals surface area contributed by atoms with Crippen LogP contribution < -0.4 is 5.32 Å². The summed E-state index contributed by atoms with van der Waals surface area (Å²) >= 11 is 1.71. The molecule has 1 atom stereocenters. The van der Waals surface area contributed by atoms with Crippen LogP contribution in [0.4, 0.5) is 0 Å². The fraction of sp³-hybridized carbons (Fsp3) is 0.765. The topological polar surface area (TPSA) is 54.5 Å². The van der Waals surface area contributed by atoms with Crippen LogP contribution in [0.25, 0.3) is 0 Å². The Hall–Kier alpha value is -0.980. The highest BCUT2D eigenvalue weighted by Gasteiger charge is 2.18. The van der Waals surface area contributed by atoms with Crippen molar-refractivity contribution in [2.24, 2.45) is 0 Å². The SMILES string of the molecule is Cc1nc(C(C)C)sc1CNC(=O)CCC(C)N1CCOCC1. The second-order valence-corrected chi connectivity index (χ2v) is 7.64. The normalized spacial score (nSPS) is 17.4. The summed E-state index contributed by atoms with van der Waals surface area (Å²) in [5.41, 5.74) is 1.04. The molecular formula is C17H29N3O2S. The molecule has 1 aliphatic rings. The molecule has 0 bridgehead atoms. The summed E-state index contributed by atoms with van der Waals surface area (Å²) < 4.78 is 5.37. The summed E-state index contributed by atoms with van der Waals surface area (Å²) in [6.07, 6.45) is 1.47. The average molecular weight is 340 g/mol. The minimum atomic E-state index is 0.129. The molecule has 23 heavy (non-hydrogen) atoms. The van der Waals surface area contributed by atoms with E-state index in [0.29, 0.717) is 24.9 Å². The zero-order chi connectivity index (χ0) is 16.8. The van der Waals surface area contributed by atoms with Crippen LogP contribution >= 0.6 is 11.3 Å². The molecule has 2 rings (SSSR count). The minimum absolute atomic E-state index is 0.129. The number of amides is 1. The Morgan fingerprint density at radius 2 is 2.04 bits per heavy atom. The number of carbonyl (C=O) groups is 1. The van der Waals surface area contributed by atoms with E-state index in [2.05, 4.69) is 36.0 Å². The molecule has 0 saturated carbocycles. The summed E-state index contributed by atoms with van der Waals surface area (Å²) in [4.78, 5) is 20.2. The van der Waals surface area contributed by atoms with Gasteiger partial charge in [-0.05, 0) is 20.3 Å². The molecule has 5 nitrogen and oxygen atoms in total. The van der Waals surface area contributed by atoms with Gasteiger partial charge in [0.1, 0.15) is 0 Å². The number of hydrogen-bond acceptors (Lipinski definition) is 5. The Morgan fingerprint density at radius 1 is 1.35 bits per heavy atom. The van der Waals surface area contributed by atoms with Crippen LogP contribution in [0.1, 0.15) is 55.1 Å². The van der Waals surface area contributed by atoms with Crippen molar-refractivity contribution in [3.63, 3.8) is 0 Å². The molecule has 1 fully saturated rings. The monoisotopic (exact) mass is 339 g/mol. The standard InChI is InChI=1S/C17H29N3O2S/c1-12(2)17-19-14(4)15(23-17)11-18-16(21)6-5-13(3)20-7-9-22-10-8-20/h12-13H,5-11H2,1-4H3,(H,18,21). The van der Waals surface area contributed by atoms with Gasteiger partial charge in [0.15, 0.2) is 0 Å². The summed E-state index contributed by atoms with van der Waals surface area (Å²) in [6, 6.07) is 0.433. The molecule has 1 aromatic heterocycles. The largest absolute Gasteiger partial charge is 0.379 e. The molecule has 0 aromatic carbocycles. The first-order chi connectivity index (χ1) is 11.0. The van der Waals surface area contributed by atoms with Gasteiger partial charge in [-0.3, -0.25) is 9.69 Å². The molecular weight excluding hydrogens is 310 g/mol. The number of ether oxygens (including phenoxy) is 1. The molecule has 1 N–H and O–H groups in total. The highest BCUT2D eigenvalue weighted by Crippen LogP contribution is 2.24. The third-order valence-electron chi connectivity index (χ3n) is 4.31. The first kappa shape index (κ1) is 18.4. The van der Waals surface area contributed by atoms with Gasteiger partial charge in [-0.25, -0.2) is 4.98 Å². The van der Waals surface area contributed by atoms with Crippen molar-refractivity contribution in [1.29, 1.82) is 0 Å². The molecule has 1 aliphatic heterocycles. The van der Waals surface area contributed by atoms with E-state index in [1.807, 2.05) is 6.92 Å². The van der Waals surface area contributed by atoms with Gasteiger partial charge in [-0.1, -0.05) is 13.8 Å². The molecule has 1 saturated heterocycles. The Kier molecular flexibility index (Phi) is 6.99. The Labute approximate surface area is 143 Å². The lowest BCUT2D eigenvalue weighted by molar-refractivity contribution is -0.121. The lowest BCUT2D eigenvalue weighted by atomic mass is 10.1. The average Bonchev–Trinajstić information content (AvgIpc) is 2.92. The maximum Gasteiger partial charge on any atom is 0.220 e. The number of nitrogens with zero attached hydrogens (tertiary/aromatic N) is 2. The lowest BCUT2D eigenvalue weighted by Gasteiger charge is -2.32. The van der Waals surface area contributed by atoms with Gasteiger partial charge in [-0.15, -0.1) is 11.3 Å².